The molecule has 0 saturated heterocycles. The van der Waals surface area contributed by atoms with Crippen molar-refractivity contribution < 1.29 is 9.90 Å². The van der Waals surface area contributed by atoms with Crippen LogP contribution in [0, 0.1) is 19.3 Å². The lowest BCUT2D eigenvalue weighted by atomic mass is 10.1. The Morgan fingerprint density at radius 2 is 2.36 bits per heavy atom. The van der Waals surface area contributed by atoms with Gasteiger partial charge in [0.15, 0.2) is 0 Å². The van der Waals surface area contributed by atoms with Crippen LogP contribution in [0.4, 0.5) is 5.69 Å². The third-order valence-electron chi connectivity index (χ3n) is 1.79. The summed E-state index contributed by atoms with van der Waals surface area (Å²) in [6.45, 7) is 2.22. The summed E-state index contributed by atoms with van der Waals surface area (Å²) in [4.78, 5) is 10.8. The molecule has 0 spiro atoms. The van der Waals surface area contributed by atoms with Gasteiger partial charge in [0.25, 0.3) is 0 Å². The summed E-state index contributed by atoms with van der Waals surface area (Å²) in [6.07, 6.45) is 5.08. The van der Waals surface area contributed by atoms with Crippen LogP contribution in [0.15, 0.2) is 18.2 Å². The van der Waals surface area contributed by atoms with Crippen LogP contribution in [-0.4, -0.2) is 17.6 Å². The number of nitrogens with one attached hydrogen (secondary N) is 1. The molecular formula is C11H11NO2. The molecule has 1 aromatic carbocycles. The largest absolute Gasteiger partial charge is 0.478 e. The molecule has 0 unspecified atom stereocenters. The lowest BCUT2D eigenvalue weighted by Crippen LogP contribution is -2.06. The molecule has 0 bridgehead atoms. The van der Waals surface area contributed by atoms with E-state index in [-0.39, 0.29) is 5.56 Å². The number of carboxylic acids is 1. The Hall–Kier alpha value is -1.95. The SMILES string of the molecule is C#CCNc1cc(C)ccc1C(=O)O. The van der Waals surface area contributed by atoms with Crippen molar-refractivity contribution in [3.8, 4) is 12.3 Å². The Kier molecular flexibility index (Phi) is 3.14. The van der Waals surface area contributed by atoms with Crippen LogP contribution >= 0.6 is 0 Å². The van der Waals surface area contributed by atoms with Gasteiger partial charge < -0.3 is 10.4 Å². The summed E-state index contributed by atoms with van der Waals surface area (Å²) < 4.78 is 0. The van der Waals surface area contributed by atoms with Crippen LogP contribution < -0.4 is 5.32 Å². The van der Waals surface area contributed by atoms with Crippen molar-refractivity contribution in [2.24, 2.45) is 0 Å². The van der Waals surface area contributed by atoms with Crippen molar-refractivity contribution in [3.05, 3.63) is 29.3 Å². The van der Waals surface area contributed by atoms with Crippen molar-refractivity contribution in [1.29, 1.82) is 0 Å². The maximum Gasteiger partial charge on any atom is 0.337 e. The summed E-state index contributed by atoms with van der Waals surface area (Å²) >= 11 is 0. The van der Waals surface area contributed by atoms with E-state index in [1.54, 1.807) is 18.2 Å². The van der Waals surface area contributed by atoms with Gasteiger partial charge in [-0.3, -0.25) is 0 Å². The average molecular weight is 189 g/mol. The summed E-state index contributed by atoms with van der Waals surface area (Å²) in [6, 6.07) is 5.09. The summed E-state index contributed by atoms with van der Waals surface area (Å²) in [5.74, 6) is 1.44. The van der Waals surface area contributed by atoms with E-state index in [2.05, 4.69) is 11.2 Å². The van der Waals surface area contributed by atoms with Gasteiger partial charge in [0.1, 0.15) is 0 Å². The highest BCUT2D eigenvalue weighted by Crippen LogP contribution is 2.17. The van der Waals surface area contributed by atoms with Gasteiger partial charge in [-0.2, -0.15) is 0 Å². The van der Waals surface area contributed by atoms with Crippen molar-refractivity contribution in [2.75, 3.05) is 11.9 Å². The van der Waals surface area contributed by atoms with Crippen molar-refractivity contribution in [3.63, 3.8) is 0 Å². The zero-order valence-electron chi connectivity index (χ0n) is 7.87. The average Bonchev–Trinajstić information content (AvgIpc) is 2.14. The van der Waals surface area contributed by atoms with E-state index >= 15 is 0 Å². The monoisotopic (exact) mass is 189 g/mol. The maximum absolute atomic E-state index is 10.8. The molecule has 72 valence electrons. The van der Waals surface area contributed by atoms with Gasteiger partial charge >= 0.3 is 5.97 Å². The van der Waals surface area contributed by atoms with E-state index in [4.69, 9.17) is 11.5 Å². The highest BCUT2D eigenvalue weighted by Gasteiger charge is 2.08. The number of hydrogen-bond acceptors (Lipinski definition) is 2. The topological polar surface area (TPSA) is 49.3 Å². The fraction of sp³-hybridized carbons (Fsp3) is 0.182. The van der Waals surface area contributed by atoms with Crippen molar-refractivity contribution in [2.45, 2.75) is 6.92 Å². The maximum atomic E-state index is 10.8. The van der Waals surface area contributed by atoms with E-state index in [0.717, 1.165) is 5.56 Å². The zero-order chi connectivity index (χ0) is 10.6. The molecule has 0 saturated carbocycles. The van der Waals surface area contributed by atoms with Crippen molar-refractivity contribution in [1.82, 2.24) is 0 Å². The van der Waals surface area contributed by atoms with E-state index in [0.29, 0.717) is 12.2 Å². The Morgan fingerprint density at radius 3 is 2.93 bits per heavy atom. The molecule has 14 heavy (non-hydrogen) atoms. The molecule has 3 nitrogen and oxygen atoms in total. The fourth-order valence-corrected chi connectivity index (χ4v) is 1.14. The van der Waals surface area contributed by atoms with Gasteiger partial charge in [-0.25, -0.2) is 4.79 Å². The molecule has 2 N–H and O–H groups in total. The van der Waals surface area contributed by atoms with Gasteiger partial charge in [-0.15, -0.1) is 6.42 Å². The summed E-state index contributed by atoms with van der Waals surface area (Å²) in [5, 5.41) is 11.7. The molecule has 0 heterocycles. The number of anilines is 1. The lowest BCUT2D eigenvalue weighted by Gasteiger charge is -2.07. The number of aromatic carboxylic acids is 1. The van der Waals surface area contributed by atoms with Gasteiger partial charge in [-0.05, 0) is 24.6 Å². The molecule has 3 heteroatoms. The minimum atomic E-state index is -0.954. The minimum absolute atomic E-state index is 0.242. The Bertz CT molecular complexity index is 391. The standard InChI is InChI=1S/C11H11NO2/c1-3-6-12-10-7-8(2)4-5-9(10)11(13)14/h1,4-5,7,12H,6H2,2H3,(H,13,14). The molecule has 0 atom stereocenters. The summed E-state index contributed by atoms with van der Waals surface area (Å²) in [7, 11) is 0. The molecule has 1 aromatic rings. The first kappa shape index (κ1) is 10.1. The number of terminal acetylenes is 1. The number of carboxylic acid groups (broad SMARTS) is 1. The number of hydrogen-bond donors (Lipinski definition) is 2. The molecule has 0 aromatic heterocycles. The third kappa shape index (κ3) is 2.27. The Labute approximate surface area is 82.8 Å². The predicted octanol–water partition coefficient (Wildman–Crippen LogP) is 1.74. The molecule has 0 aliphatic rings. The van der Waals surface area contributed by atoms with Crippen LogP contribution in [0.1, 0.15) is 15.9 Å². The molecular weight excluding hydrogens is 178 g/mol. The number of carbonyl (C=O) groups is 1. The van der Waals surface area contributed by atoms with E-state index < -0.39 is 5.97 Å². The Morgan fingerprint density at radius 1 is 1.64 bits per heavy atom. The first-order chi connectivity index (χ1) is 6.65. The van der Waals surface area contributed by atoms with Crippen LogP contribution in [0.2, 0.25) is 0 Å². The van der Waals surface area contributed by atoms with Crippen LogP contribution in [0.3, 0.4) is 0 Å². The van der Waals surface area contributed by atoms with Gasteiger partial charge in [0.05, 0.1) is 12.1 Å². The summed E-state index contributed by atoms with van der Waals surface area (Å²) in [5.41, 5.74) is 1.80. The predicted molar refractivity (Wildman–Crippen MR) is 55.5 cm³/mol. The first-order valence-electron chi connectivity index (χ1n) is 4.16. The minimum Gasteiger partial charge on any atom is -0.478 e. The molecule has 0 aliphatic heterocycles. The second-order valence-electron chi connectivity index (χ2n) is 2.91. The third-order valence-corrected chi connectivity index (χ3v) is 1.79. The van der Waals surface area contributed by atoms with Gasteiger partial charge in [0.2, 0.25) is 0 Å². The van der Waals surface area contributed by atoms with E-state index in [1.165, 1.54) is 0 Å². The smallest absolute Gasteiger partial charge is 0.337 e. The quantitative estimate of drug-likeness (QED) is 0.712. The molecule has 0 amide bonds. The van der Waals surface area contributed by atoms with E-state index in [9.17, 15) is 4.79 Å². The number of rotatable bonds is 3. The molecule has 0 fully saturated rings. The second kappa shape index (κ2) is 4.33. The van der Waals surface area contributed by atoms with Crippen LogP contribution in [0.25, 0.3) is 0 Å². The van der Waals surface area contributed by atoms with Crippen LogP contribution in [-0.2, 0) is 0 Å². The van der Waals surface area contributed by atoms with Crippen LogP contribution in [0.5, 0.6) is 0 Å². The van der Waals surface area contributed by atoms with Gasteiger partial charge in [0, 0.05) is 5.69 Å². The zero-order valence-corrected chi connectivity index (χ0v) is 7.87. The van der Waals surface area contributed by atoms with Crippen molar-refractivity contribution >= 4 is 11.7 Å². The normalized spacial score (nSPS) is 9.14. The number of aryl methyl sites for hydroxylation is 1. The molecule has 1 rings (SSSR count). The molecule has 0 aliphatic carbocycles. The number of benzene rings is 1. The fourth-order valence-electron chi connectivity index (χ4n) is 1.14. The van der Waals surface area contributed by atoms with E-state index in [1.807, 2.05) is 6.92 Å². The second-order valence-corrected chi connectivity index (χ2v) is 2.91. The molecule has 0 radical (unpaired) electrons. The highest BCUT2D eigenvalue weighted by atomic mass is 16.4. The lowest BCUT2D eigenvalue weighted by molar-refractivity contribution is 0.0698. The Balaban J connectivity index is 3.04. The first-order valence-corrected chi connectivity index (χ1v) is 4.16. The highest BCUT2D eigenvalue weighted by molar-refractivity contribution is 5.94. The van der Waals surface area contributed by atoms with Gasteiger partial charge in [-0.1, -0.05) is 12.0 Å².